The van der Waals surface area contributed by atoms with Crippen molar-refractivity contribution in [3.63, 3.8) is 0 Å². The van der Waals surface area contributed by atoms with Crippen molar-refractivity contribution in [2.45, 2.75) is 13.5 Å². The Morgan fingerprint density at radius 3 is 2.44 bits per heavy atom. The standard InChI is InChI=1S/C13H17F2N3/c1-3-18(2)5-4-17-9-11-12(14)6-10(8-16)7-13(11)15/h6-7,17H,3-5,9H2,1-2H3. The normalized spacial score (nSPS) is 10.7. The lowest BCUT2D eigenvalue weighted by Crippen LogP contribution is -2.29. The number of hydrogen-bond acceptors (Lipinski definition) is 3. The van der Waals surface area contributed by atoms with E-state index in [2.05, 4.69) is 10.2 Å². The Hall–Kier alpha value is -1.51. The molecule has 1 aromatic carbocycles. The summed E-state index contributed by atoms with van der Waals surface area (Å²) >= 11 is 0. The van der Waals surface area contributed by atoms with Gasteiger partial charge in [0.25, 0.3) is 0 Å². The predicted octanol–water partition coefficient (Wildman–Crippen LogP) is 1.88. The van der Waals surface area contributed by atoms with E-state index in [-0.39, 0.29) is 17.7 Å². The average Bonchev–Trinajstić information content (AvgIpc) is 2.36. The molecule has 5 heteroatoms. The number of benzene rings is 1. The average molecular weight is 253 g/mol. The highest BCUT2D eigenvalue weighted by Crippen LogP contribution is 2.14. The molecule has 0 spiro atoms. The number of halogens is 2. The largest absolute Gasteiger partial charge is 0.311 e. The topological polar surface area (TPSA) is 39.1 Å². The maximum Gasteiger partial charge on any atom is 0.131 e. The summed E-state index contributed by atoms with van der Waals surface area (Å²) in [5, 5.41) is 11.6. The van der Waals surface area contributed by atoms with Gasteiger partial charge in [-0.1, -0.05) is 6.92 Å². The highest BCUT2D eigenvalue weighted by atomic mass is 19.1. The molecule has 1 rings (SSSR count). The molecule has 0 aliphatic rings. The van der Waals surface area contributed by atoms with Crippen LogP contribution in [0.4, 0.5) is 8.78 Å². The minimum absolute atomic E-state index is 0.000494. The van der Waals surface area contributed by atoms with Crippen molar-refractivity contribution < 1.29 is 8.78 Å². The molecule has 0 aromatic heterocycles. The van der Waals surface area contributed by atoms with Crippen LogP contribution in [0.25, 0.3) is 0 Å². The summed E-state index contributed by atoms with van der Waals surface area (Å²) in [7, 11) is 1.98. The van der Waals surface area contributed by atoms with Gasteiger partial charge in [0.15, 0.2) is 0 Å². The summed E-state index contributed by atoms with van der Waals surface area (Å²) in [6.07, 6.45) is 0. The molecule has 0 aliphatic heterocycles. The molecule has 0 amide bonds. The maximum absolute atomic E-state index is 13.5. The van der Waals surface area contributed by atoms with Crippen molar-refractivity contribution >= 4 is 0 Å². The first kappa shape index (κ1) is 14.6. The van der Waals surface area contributed by atoms with Crippen LogP contribution < -0.4 is 5.32 Å². The number of nitrogens with one attached hydrogen (secondary N) is 1. The minimum atomic E-state index is -0.678. The third kappa shape index (κ3) is 4.06. The van der Waals surface area contributed by atoms with Gasteiger partial charge >= 0.3 is 0 Å². The summed E-state index contributed by atoms with van der Waals surface area (Å²) in [4.78, 5) is 2.10. The first-order chi connectivity index (χ1) is 8.58. The second-order valence-electron chi connectivity index (χ2n) is 4.10. The van der Waals surface area contributed by atoms with Crippen molar-refractivity contribution in [2.24, 2.45) is 0 Å². The number of rotatable bonds is 6. The third-order valence-electron chi connectivity index (χ3n) is 2.78. The summed E-state index contributed by atoms with van der Waals surface area (Å²) < 4.78 is 27.0. The number of hydrogen-bond donors (Lipinski definition) is 1. The molecule has 1 N–H and O–H groups in total. The van der Waals surface area contributed by atoms with Crippen LogP contribution in [0.5, 0.6) is 0 Å². The molecule has 18 heavy (non-hydrogen) atoms. The molecule has 0 saturated carbocycles. The van der Waals surface area contributed by atoms with E-state index in [1.54, 1.807) is 6.07 Å². The Labute approximate surface area is 106 Å². The molecule has 98 valence electrons. The fourth-order valence-electron chi connectivity index (χ4n) is 1.48. The number of nitrogens with zero attached hydrogens (tertiary/aromatic N) is 2. The molecule has 0 saturated heterocycles. The van der Waals surface area contributed by atoms with E-state index in [1.807, 2.05) is 14.0 Å². The lowest BCUT2D eigenvalue weighted by molar-refractivity contribution is 0.348. The van der Waals surface area contributed by atoms with Crippen LogP contribution >= 0.6 is 0 Å². The molecule has 0 radical (unpaired) electrons. The third-order valence-corrected chi connectivity index (χ3v) is 2.78. The Bertz CT molecular complexity index is 417. The summed E-state index contributed by atoms with van der Waals surface area (Å²) in [6, 6.07) is 3.83. The smallest absolute Gasteiger partial charge is 0.131 e. The highest BCUT2D eigenvalue weighted by molar-refractivity contribution is 5.34. The summed E-state index contributed by atoms with van der Waals surface area (Å²) in [5.74, 6) is -1.36. The zero-order chi connectivity index (χ0) is 13.5. The van der Waals surface area contributed by atoms with Crippen LogP contribution in [-0.2, 0) is 6.54 Å². The van der Waals surface area contributed by atoms with Gasteiger partial charge < -0.3 is 10.2 Å². The maximum atomic E-state index is 13.5. The predicted molar refractivity (Wildman–Crippen MR) is 66.0 cm³/mol. The molecule has 0 atom stereocenters. The molecule has 0 heterocycles. The van der Waals surface area contributed by atoms with Gasteiger partial charge in [-0.25, -0.2) is 8.78 Å². The molecule has 0 aliphatic carbocycles. The zero-order valence-electron chi connectivity index (χ0n) is 10.6. The SMILES string of the molecule is CCN(C)CCNCc1c(F)cc(C#N)cc1F. The summed E-state index contributed by atoms with van der Waals surface area (Å²) in [6.45, 7) is 4.57. The van der Waals surface area contributed by atoms with E-state index in [1.165, 1.54) is 0 Å². The fraction of sp³-hybridized carbons (Fsp3) is 0.462. The van der Waals surface area contributed by atoms with E-state index in [0.717, 1.165) is 25.2 Å². The lowest BCUT2D eigenvalue weighted by atomic mass is 10.1. The van der Waals surface area contributed by atoms with Crippen LogP contribution in [0.1, 0.15) is 18.1 Å². The van der Waals surface area contributed by atoms with Gasteiger partial charge in [0.2, 0.25) is 0 Å². The molecule has 1 aromatic rings. The van der Waals surface area contributed by atoms with Crippen LogP contribution in [0.15, 0.2) is 12.1 Å². The first-order valence-electron chi connectivity index (χ1n) is 5.85. The first-order valence-corrected chi connectivity index (χ1v) is 5.85. The van der Waals surface area contributed by atoms with E-state index >= 15 is 0 Å². The second-order valence-corrected chi connectivity index (χ2v) is 4.10. The Kier molecular flexibility index (Phi) is 5.69. The molecular formula is C13H17F2N3. The van der Waals surface area contributed by atoms with Crippen molar-refractivity contribution in [2.75, 3.05) is 26.7 Å². The van der Waals surface area contributed by atoms with E-state index < -0.39 is 11.6 Å². The van der Waals surface area contributed by atoms with E-state index in [4.69, 9.17) is 5.26 Å². The molecule has 3 nitrogen and oxygen atoms in total. The fourth-order valence-corrected chi connectivity index (χ4v) is 1.48. The van der Waals surface area contributed by atoms with Crippen LogP contribution in [0.2, 0.25) is 0 Å². The second kappa shape index (κ2) is 7.04. The summed E-state index contributed by atoms with van der Waals surface area (Å²) in [5.41, 5.74) is -0.0207. The Morgan fingerprint density at radius 1 is 1.33 bits per heavy atom. The van der Waals surface area contributed by atoms with Gasteiger partial charge in [-0.3, -0.25) is 0 Å². The van der Waals surface area contributed by atoms with Gasteiger partial charge in [0, 0.05) is 25.2 Å². The van der Waals surface area contributed by atoms with Crippen LogP contribution in [0.3, 0.4) is 0 Å². The minimum Gasteiger partial charge on any atom is -0.311 e. The van der Waals surface area contributed by atoms with Gasteiger partial charge in [0.05, 0.1) is 11.6 Å². The number of likely N-dealkylation sites (N-methyl/N-ethyl adjacent to an activating group) is 1. The van der Waals surface area contributed by atoms with Crippen molar-refractivity contribution in [1.82, 2.24) is 10.2 Å². The van der Waals surface area contributed by atoms with Crippen molar-refractivity contribution in [3.05, 3.63) is 34.9 Å². The monoisotopic (exact) mass is 253 g/mol. The van der Waals surface area contributed by atoms with Crippen LogP contribution in [-0.4, -0.2) is 31.6 Å². The Morgan fingerprint density at radius 2 is 1.94 bits per heavy atom. The molecule has 0 unspecified atom stereocenters. The van der Waals surface area contributed by atoms with Gasteiger partial charge in [-0.05, 0) is 25.7 Å². The van der Waals surface area contributed by atoms with Gasteiger partial charge in [-0.2, -0.15) is 5.26 Å². The molecular weight excluding hydrogens is 236 g/mol. The number of nitriles is 1. The zero-order valence-corrected chi connectivity index (χ0v) is 10.6. The van der Waals surface area contributed by atoms with Gasteiger partial charge in [0.1, 0.15) is 11.6 Å². The van der Waals surface area contributed by atoms with Crippen molar-refractivity contribution in [1.29, 1.82) is 5.26 Å². The molecule has 0 fully saturated rings. The lowest BCUT2D eigenvalue weighted by Gasteiger charge is -2.14. The Balaban J connectivity index is 2.55. The van der Waals surface area contributed by atoms with Crippen LogP contribution in [0, 0.1) is 23.0 Å². The quantitative estimate of drug-likeness (QED) is 0.787. The van der Waals surface area contributed by atoms with Crippen molar-refractivity contribution in [3.8, 4) is 6.07 Å². The molecule has 0 bridgehead atoms. The van der Waals surface area contributed by atoms with E-state index in [9.17, 15) is 8.78 Å². The highest BCUT2D eigenvalue weighted by Gasteiger charge is 2.10. The van der Waals surface area contributed by atoms with E-state index in [0.29, 0.717) is 6.54 Å². The van der Waals surface area contributed by atoms with Gasteiger partial charge in [-0.15, -0.1) is 0 Å².